The molecule has 0 aliphatic carbocycles. The Labute approximate surface area is 86.2 Å². The lowest BCUT2D eigenvalue weighted by molar-refractivity contribution is -0.274. The minimum atomic E-state index is -4.66. The van der Waals surface area contributed by atoms with Crippen LogP contribution < -0.4 is 4.74 Å². The number of para-hydroxylation sites is 1. The summed E-state index contributed by atoms with van der Waals surface area (Å²) in [6, 6.07) is 5.99. The number of rotatable bonds is 3. The number of hydrogen-bond acceptors (Lipinski definition) is 1. The van der Waals surface area contributed by atoms with Crippen LogP contribution >= 0.6 is 0 Å². The van der Waals surface area contributed by atoms with Crippen molar-refractivity contribution < 1.29 is 17.9 Å². The summed E-state index contributed by atoms with van der Waals surface area (Å²) in [5, 5.41) is 0. The molecule has 0 saturated heterocycles. The van der Waals surface area contributed by atoms with Gasteiger partial charge >= 0.3 is 6.36 Å². The van der Waals surface area contributed by atoms with Crippen LogP contribution in [0, 0.1) is 0 Å². The van der Waals surface area contributed by atoms with E-state index >= 15 is 0 Å². The van der Waals surface area contributed by atoms with Crippen molar-refractivity contribution in [2.75, 3.05) is 0 Å². The van der Waals surface area contributed by atoms with Crippen LogP contribution in [-0.4, -0.2) is 6.36 Å². The van der Waals surface area contributed by atoms with Crippen LogP contribution in [0.25, 0.3) is 5.57 Å². The number of halogens is 3. The van der Waals surface area contributed by atoms with E-state index in [0.717, 1.165) is 0 Å². The van der Waals surface area contributed by atoms with E-state index in [9.17, 15) is 13.2 Å². The predicted octanol–water partition coefficient (Wildman–Crippen LogP) is 4.01. The molecule has 1 rings (SSSR count). The van der Waals surface area contributed by atoms with Crippen molar-refractivity contribution >= 4 is 5.57 Å². The van der Waals surface area contributed by atoms with Crippen molar-refractivity contribution in [1.82, 2.24) is 0 Å². The SMILES string of the molecule is C=C(CC)c1ccccc1OC(F)(F)F. The Balaban J connectivity index is 3.02. The zero-order valence-electron chi connectivity index (χ0n) is 8.27. The third kappa shape index (κ3) is 3.31. The molecule has 0 heterocycles. The number of allylic oxidation sites excluding steroid dienone is 1. The maximum absolute atomic E-state index is 12.0. The van der Waals surface area contributed by atoms with Gasteiger partial charge in [0, 0.05) is 5.56 Å². The van der Waals surface area contributed by atoms with Crippen LogP contribution in [0.2, 0.25) is 0 Å². The first-order valence-corrected chi connectivity index (χ1v) is 4.47. The molecule has 0 N–H and O–H groups in total. The Morgan fingerprint density at radius 1 is 1.33 bits per heavy atom. The average Bonchev–Trinajstić information content (AvgIpc) is 2.15. The molecule has 1 aromatic carbocycles. The highest BCUT2D eigenvalue weighted by molar-refractivity contribution is 5.68. The molecule has 0 amide bonds. The summed E-state index contributed by atoms with van der Waals surface area (Å²) in [7, 11) is 0. The third-order valence-corrected chi connectivity index (χ3v) is 1.92. The molecule has 0 spiro atoms. The van der Waals surface area contributed by atoms with Gasteiger partial charge in [0.15, 0.2) is 0 Å². The lowest BCUT2D eigenvalue weighted by Gasteiger charge is -2.13. The first-order valence-electron chi connectivity index (χ1n) is 4.47. The van der Waals surface area contributed by atoms with E-state index in [2.05, 4.69) is 11.3 Å². The van der Waals surface area contributed by atoms with E-state index in [-0.39, 0.29) is 5.75 Å². The Kier molecular flexibility index (Phi) is 3.39. The van der Waals surface area contributed by atoms with Gasteiger partial charge in [-0.25, -0.2) is 0 Å². The predicted molar refractivity (Wildman–Crippen MR) is 52.5 cm³/mol. The highest BCUT2D eigenvalue weighted by atomic mass is 19.4. The monoisotopic (exact) mass is 216 g/mol. The molecule has 0 saturated carbocycles. The zero-order chi connectivity index (χ0) is 11.5. The minimum absolute atomic E-state index is 0.197. The number of alkyl halides is 3. The summed E-state index contributed by atoms with van der Waals surface area (Å²) in [6.07, 6.45) is -4.08. The van der Waals surface area contributed by atoms with Crippen LogP contribution in [0.5, 0.6) is 5.75 Å². The summed E-state index contributed by atoms with van der Waals surface area (Å²) in [5.74, 6) is -0.197. The summed E-state index contributed by atoms with van der Waals surface area (Å²) >= 11 is 0. The van der Waals surface area contributed by atoms with Crippen molar-refractivity contribution in [1.29, 1.82) is 0 Å². The maximum atomic E-state index is 12.0. The third-order valence-electron chi connectivity index (χ3n) is 1.92. The van der Waals surface area contributed by atoms with Crippen molar-refractivity contribution in [3.05, 3.63) is 36.4 Å². The number of ether oxygens (including phenoxy) is 1. The van der Waals surface area contributed by atoms with E-state index in [0.29, 0.717) is 17.6 Å². The molecule has 4 heteroatoms. The van der Waals surface area contributed by atoms with Crippen LogP contribution in [-0.2, 0) is 0 Å². The summed E-state index contributed by atoms with van der Waals surface area (Å²) < 4.78 is 40.0. The molecule has 0 radical (unpaired) electrons. The number of benzene rings is 1. The first-order chi connectivity index (χ1) is 6.94. The Hall–Kier alpha value is -1.45. The minimum Gasteiger partial charge on any atom is -0.405 e. The number of hydrogen-bond donors (Lipinski definition) is 0. The van der Waals surface area contributed by atoms with Crippen molar-refractivity contribution in [2.45, 2.75) is 19.7 Å². The van der Waals surface area contributed by atoms with Gasteiger partial charge < -0.3 is 4.74 Å². The van der Waals surface area contributed by atoms with Gasteiger partial charge in [-0.05, 0) is 18.1 Å². The summed E-state index contributed by atoms with van der Waals surface area (Å²) in [5.41, 5.74) is 1.02. The van der Waals surface area contributed by atoms with Gasteiger partial charge in [0.25, 0.3) is 0 Å². The maximum Gasteiger partial charge on any atom is 0.573 e. The highest BCUT2D eigenvalue weighted by Crippen LogP contribution is 2.31. The quantitative estimate of drug-likeness (QED) is 0.741. The molecule has 0 fully saturated rings. The summed E-state index contributed by atoms with van der Waals surface area (Å²) in [6.45, 7) is 5.51. The van der Waals surface area contributed by atoms with E-state index in [1.165, 1.54) is 12.1 Å². The van der Waals surface area contributed by atoms with Crippen LogP contribution in [0.15, 0.2) is 30.8 Å². The zero-order valence-corrected chi connectivity index (χ0v) is 8.27. The molecular weight excluding hydrogens is 205 g/mol. The van der Waals surface area contributed by atoms with E-state index < -0.39 is 6.36 Å². The second kappa shape index (κ2) is 4.38. The van der Waals surface area contributed by atoms with Crippen molar-refractivity contribution in [3.8, 4) is 5.75 Å². The topological polar surface area (TPSA) is 9.23 Å². The molecule has 0 atom stereocenters. The van der Waals surface area contributed by atoms with Crippen molar-refractivity contribution in [2.24, 2.45) is 0 Å². The average molecular weight is 216 g/mol. The van der Waals surface area contributed by atoms with Gasteiger partial charge in [-0.3, -0.25) is 0 Å². The fourth-order valence-electron chi connectivity index (χ4n) is 1.16. The van der Waals surface area contributed by atoms with E-state index in [4.69, 9.17) is 0 Å². The van der Waals surface area contributed by atoms with Crippen LogP contribution in [0.1, 0.15) is 18.9 Å². The van der Waals surface area contributed by atoms with E-state index in [1.807, 2.05) is 6.92 Å². The Morgan fingerprint density at radius 3 is 2.47 bits per heavy atom. The first kappa shape index (κ1) is 11.6. The highest BCUT2D eigenvalue weighted by Gasteiger charge is 2.32. The van der Waals surface area contributed by atoms with E-state index in [1.54, 1.807) is 12.1 Å². The molecule has 0 unspecified atom stereocenters. The van der Waals surface area contributed by atoms with Crippen molar-refractivity contribution in [3.63, 3.8) is 0 Å². The Bertz CT molecular complexity index is 355. The molecule has 0 bridgehead atoms. The van der Waals surface area contributed by atoms with Gasteiger partial charge in [-0.1, -0.05) is 31.7 Å². The molecule has 82 valence electrons. The van der Waals surface area contributed by atoms with Gasteiger partial charge in [0.1, 0.15) is 5.75 Å². The molecule has 0 aliphatic rings. The summed E-state index contributed by atoms with van der Waals surface area (Å²) in [4.78, 5) is 0. The van der Waals surface area contributed by atoms with Crippen LogP contribution in [0.4, 0.5) is 13.2 Å². The van der Waals surface area contributed by atoms with Crippen LogP contribution in [0.3, 0.4) is 0 Å². The standard InChI is InChI=1S/C11H11F3O/c1-3-8(2)9-6-4-5-7-10(9)15-11(12,13)14/h4-7H,2-3H2,1H3. The fourth-order valence-corrected chi connectivity index (χ4v) is 1.16. The molecule has 0 aromatic heterocycles. The lowest BCUT2D eigenvalue weighted by Crippen LogP contribution is -2.17. The largest absolute Gasteiger partial charge is 0.573 e. The molecule has 1 aromatic rings. The molecule has 0 aliphatic heterocycles. The van der Waals surface area contributed by atoms with Gasteiger partial charge in [-0.2, -0.15) is 0 Å². The Morgan fingerprint density at radius 2 is 1.93 bits per heavy atom. The normalized spacial score (nSPS) is 11.2. The van der Waals surface area contributed by atoms with Gasteiger partial charge in [0.2, 0.25) is 0 Å². The lowest BCUT2D eigenvalue weighted by atomic mass is 10.0. The molecular formula is C11H11F3O. The second-order valence-electron chi connectivity index (χ2n) is 3.00. The smallest absolute Gasteiger partial charge is 0.405 e. The molecule has 1 nitrogen and oxygen atoms in total. The van der Waals surface area contributed by atoms with Gasteiger partial charge in [-0.15, -0.1) is 13.2 Å². The van der Waals surface area contributed by atoms with Gasteiger partial charge in [0.05, 0.1) is 0 Å². The molecule has 15 heavy (non-hydrogen) atoms. The second-order valence-corrected chi connectivity index (χ2v) is 3.00. The fraction of sp³-hybridized carbons (Fsp3) is 0.273.